The fraction of sp³-hybridized carbons (Fsp3) is 0.792. The minimum atomic E-state index is -1.55. The van der Waals surface area contributed by atoms with Crippen LogP contribution in [0.15, 0.2) is 0 Å². The van der Waals surface area contributed by atoms with Crippen molar-refractivity contribution in [3.63, 3.8) is 0 Å². The van der Waals surface area contributed by atoms with Crippen molar-refractivity contribution in [2.45, 2.75) is 166 Å². The van der Waals surface area contributed by atoms with E-state index >= 15 is 0 Å². The standard InChI is InChI=1S/C48H84N10O11S5/c1-27(2)25-35(43(64)53-34(47(68)69)16-23-73-9)54-44(65)36(26-28(3)4)55-45(66)37-13-12-20-58(37)46(67)38(30(6)59)56-39(60)29(5)50-41(62)32(15-22-72-8)52-42(63)33(51-40(61)31(49)14-21-71-7)17-24-74-48(70)57-18-10-11-19-57/h27-38,59H,10-26,49H2,1-9H3,(H,50,62)(H,51,61)(H,52,63)(H,53,64)(H,54,65)(H,55,66)(H,56,60)(H,68,69)/t29-,30+,31-,32-,33-,34-,35-,36-,37-,38-/m0/s1. The molecule has 0 unspecified atom stereocenters. The molecule has 0 aromatic rings. The van der Waals surface area contributed by atoms with Gasteiger partial charge in [0, 0.05) is 25.4 Å². The quantitative estimate of drug-likeness (QED) is 0.0411. The number of hydrogen-bond acceptors (Lipinski definition) is 16. The highest BCUT2D eigenvalue weighted by Gasteiger charge is 2.41. The van der Waals surface area contributed by atoms with Crippen molar-refractivity contribution < 1.29 is 53.4 Å². The minimum Gasteiger partial charge on any atom is -0.480 e. The van der Waals surface area contributed by atoms with E-state index in [1.165, 1.54) is 65.8 Å². The van der Waals surface area contributed by atoms with Gasteiger partial charge in [0.15, 0.2) is 0 Å². The lowest BCUT2D eigenvalue weighted by molar-refractivity contribution is -0.144. The van der Waals surface area contributed by atoms with Crippen molar-refractivity contribution in [3.8, 4) is 0 Å². The molecule has 8 amide bonds. The van der Waals surface area contributed by atoms with Crippen molar-refractivity contribution in [1.82, 2.24) is 47.0 Å². The van der Waals surface area contributed by atoms with Crippen LogP contribution in [0.3, 0.4) is 0 Å². The van der Waals surface area contributed by atoms with Gasteiger partial charge in [0.2, 0.25) is 47.3 Å². The molecule has 0 spiro atoms. The molecule has 0 bridgehead atoms. The van der Waals surface area contributed by atoms with E-state index in [0.717, 1.165) is 25.9 Å². The number of carbonyl (C=O) groups is 9. The Morgan fingerprint density at radius 2 is 1.04 bits per heavy atom. The molecule has 0 saturated carbocycles. The summed E-state index contributed by atoms with van der Waals surface area (Å²) >= 11 is 11.4. The Morgan fingerprint density at radius 1 is 0.581 bits per heavy atom. The average molecular weight is 1140 g/mol. The summed E-state index contributed by atoms with van der Waals surface area (Å²) in [6.45, 7) is 11.9. The number of nitrogens with zero attached hydrogens (tertiary/aromatic N) is 2. The van der Waals surface area contributed by atoms with Crippen LogP contribution in [-0.2, 0) is 43.2 Å². The van der Waals surface area contributed by atoms with Gasteiger partial charge in [-0.15, -0.1) is 0 Å². The summed E-state index contributed by atoms with van der Waals surface area (Å²) in [6, 6.07) is -10.4. The number of carbonyl (C=O) groups excluding carboxylic acids is 8. The molecule has 11 N–H and O–H groups in total. The van der Waals surface area contributed by atoms with Gasteiger partial charge in [0.05, 0.1) is 12.1 Å². The Morgan fingerprint density at radius 3 is 1.57 bits per heavy atom. The lowest BCUT2D eigenvalue weighted by Gasteiger charge is -2.32. The number of carboxylic acids is 1. The van der Waals surface area contributed by atoms with E-state index in [2.05, 4.69) is 42.1 Å². The Bertz CT molecular complexity index is 1880. The fourth-order valence-corrected chi connectivity index (χ4v) is 11.0. The number of likely N-dealkylation sites (tertiary alicyclic amines) is 2. The highest BCUT2D eigenvalue weighted by Crippen LogP contribution is 2.22. The number of thiocarbonyl (C=S) groups is 1. The molecular weight excluding hydrogens is 1050 g/mol. The second-order valence-electron chi connectivity index (χ2n) is 19.6. The Hall–Kier alpha value is -3.56. The summed E-state index contributed by atoms with van der Waals surface area (Å²) in [5.74, 6) is -4.83. The summed E-state index contributed by atoms with van der Waals surface area (Å²) in [4.78, 5) is 125. The first kappa shape index (κ1) is 66.6. The van der Waals surface area contributed by atoms with Crippen LogP contribution in [0, 0.1) is 11.8 Å². The largest absolute Gasteiger partial charge is 0.480 e. The summed E-state index contributed by atoms with van der Waals surface area (Å²) in [5.41, 5.74) is 6.15. The average Bonchev–Trinajstić information content (AvgIpc) is 4.07. The molecule has 2 aliphatic heterocycles. The van der Waals surface area contributed by atoms with Gasteiger partial charge in [-0.2, -0.15) is 35.3 Å². The molecule has 2 heterocycles. The molecular formula is C48H84N10O11S5. The lowest BCUT2D eigenvalue weighted by Crippen LogP contribution is -2.61. The number of aliphatic carboxylic acids is 1. The first-order chi connectivity index (χ1) is 34.9. The zero-order valence-electron chi connectivity index (χ0n) is 44.5. The van der Waals surface area contributed by atoms with Gasteiger partial charge < -0.3 is 63.0 Å². The zero-order valence-corrected chi connectivity index (χ0v) is 48.6. The van der Waals surface area contributed by atoms with Crippen LogP contribution < -0.4 is 43.0 Å². The first-order valence-electron chi connectivity index (χ1n) is 25.4. The van der Waals surface area contributed by atoms with Crippen molar-refractivity contribution in [1.29, 1.82) is 0 Å². The van der Waals surface area contributed by atoms with Gasteiger partial charge in [0.1, 0.15) is 52.7 Å². The van der Waals surface area contributed by atoms with Crippen LogP contribution in [0.25, 0.3) is 0 Å². The number of hydrogen-bond donors (Lipinski definition) is 10. The maximum absolute atomic E-state index is 14.2. The van der Waals surface area contributed by atoms with Crippen molar-refractivity contribution in [3.05, 3.63) is 0 Å². The lowest BCUT2D eigenvalue weighted by atomic mass is 9.99. The van der Waals surface area contributed by atoms with Crippen molar-refractivity contribution in [2.75, 3.05) is 61.4 Å². The molecule has 0 aromatic heterocycles. The molecule has 0 aromatic carbocycles. The van der Waals surface area contributed by atoms with Crippen molar-refractivity contribution in [2.24, 2.45) is 17.6 Å². The highest BCUT2D eigenvalue weighted by atomic mass is 32.2. The number of nitrogens with one attached hydrogen (secondary N) is 7. The molecule has 74 heavy (non-hydrogen) atoms. The molecule has 2 rings (SSSR count). The molecule has 10 atom stereocenters. The minimum absolute atomic E-state index is 0.0723. The van der Waals surface area contributed by atoms with E-state index in [1.54, 1.807) is 0 Å². The fourth-order valence-electron chi connectivity index (χ4n) is 8.20. The number of thioether (sulfide) groups is 4. The molecule has 2 aliphatic rings. The van der Waals surface area contributed by atoms with Crippen LogP contribution >= 0.6 is 59.3 Å². The SMILES string of the molecule is CSCC[C@H](NC(=O)[C@H](CC(C)C)NC(=O)[C@H](CC(C)C)NC(=O)[C@@H]1CCCN1C(=O)[C@@H](NC(=O)[C@H](C)NC(=O)[C@H](CCSC)NC(=O)[C@H](CCSC(=S)N1CCCC1)NC(=O)[C@@H](N)CCSC)[C@@H](C)O)C(=O)O. The molecule has 422 valence electrons. The van der Waals surface area contributed by atoms with Gasteiger partial charge in [-0.05, 0) is 126 Å². The maximum Gasteiger partial charge on any atom is 0.326 e. The number of carboxylic acid groups (broad SMARTS) is 1. The third kappa shape index (κ3) is 23.4. The van der Waals surface area contributed by atoms with Crippen molar-refractivity contribution >= 4 is 117 Å². The number of amides is 8. The number of aliphatic hydroxyl groups is 1. The Kier molecular flexibility index (Phi) is 31.5. The molecule has 21 nitrogen and oxygen atoms in total. The molecule has 0 radical (unpaired) electrons. The first-order valence-corrected chi connectivity index (χ1v) is 31.0. The van der Waals surface area contributed by atoms with Gasteiger partial charge in [-0.25, -0.2) is 4.79 Å². The van der Waals surface area contributed by atoms with Crippen LogP contribution in [-0.4, -0.2) is 199 Å². The van der Waals surface area contributed by atoms with E-state index in [0.29, 0.717) is 40.2 Å². The molecule has 2 fully saturated rings. The van der Waals surface area contributed by atoms with E-state index < -0.39 is 114 Å². The second-order valence-corrected chi connectivity index (χ2v) is 24.3. The summed E-state index contributed by atoms with van der Waals surface area (Å²) in [5, 5.41) is 39.3. The maximum atomic E-state index is 14.2. The normalized spacial score (nSPS) is 18.2. The van der Waals surface area contributed by atoms with E-state index in [1.807, 2.05) is 46.5 Å². The zero-order chi connectivity index (χ0) is 55.7. The summed E-state index contributed by atoms with van der Waals surface area (Å²) in [7, 11) is 0. The van der Waals surface area contributed by atoms with Crippen LogP contribution in [0.5, 0.6) is 0 Å². The van der Waals surface area contributed by atoms with Crippen LogP contribution in [0.4, 0.5) is 0 Å². The predicted octanol–water partition coefficient (Wildman–Crippen LogP) is 1.04. The van der Waals surface area contributed by atoms with Crippen LogP contribution in [0.2, 0.25) is 0 Å². The molecule has 0 aliphatic carbocycles. The number of aliphatic hydroxyl groups excluding tert-OH is 1. The second kappa shape index (κ2) is 35.0. The Labute approximate surface area is 459 Å². The van der Waals surface area contributed by atoms with Gasteiger partial charge in [0.25, 0.3) is 0 Å². The third-order valence-electron chi connectivity index (χ3n) is 12.4. The highest BCUT2D eigenvalue weighted by molar-refractivity contribution is 8.22. The summed E-state index contributed by atoms with van der Waals surface area (Å²) < 4.78 is 0.708. The van der Waals surface area contributed by atoms with Gasteiger partial charge in [-0.1, -0.05) is 51.7 Å². The van der Waals surface area contributed by atoms with Gasteiger partial charge >= 0.3 is 5.97 Å². The molecule has 26 heteroatoms. The topological polar surface area (TPSA) is 311 Å². The monoisotopic (exact) mass is 1140 g/mol. The summed E-state index contributed by atoms with van der Waals surface area (Å²) in [6.07, 6.45) is 8.05. The third-order valence-corrected chi connectivity index (χ3v) is 15.9. The molecule has 2 saturated heterocycles. The number of nitrogens with two attached hydrogens (primary N) is 1. The van der Waals surface area contributed by atoms with E-state index in [-0.39, 0.29) is 56.9 Å². The van der Waals surface area contributed by atoms with E-state index in [9.17, 15) is 53.4 Å². The Balaban J connectivity index is 2.22. The van der Waals surface area contributed by atoms with Gasteiger partial charge in [-0.3, -0.25) is 38.4 Å². The van der Waals surface area contributed by atoms with Crippen LogP contribution in [0.1, 0.15) is 106 Å². The predicted molar refractivity (Wildman–Crippen MR) is 300 cm³/mol. The van der Waals surface area contributed by atoms with E-state index in [4.69, 9.17) is 18.0 Å². The smallest absolute Gasteiger partial charge is 0.326 e. The number of rotatable bonds is 33.